The van der Waals surface area contributed by atoms with Gasteiger partial charge in [0.15, 0.2) is 0 Å². The van der Waals surface area contributed by atoms with Crippen molar-refractivity contribution in [2.75, 3.05) is 18.0 Å². The van der Waals surface area contributed by atoms with Crippen molar-refractivity contribution in [3.8, 4) is 0 Å². The summed E-state index contributed by atoms with van der Waals surface area (Å²) in [4.78, 5) is 5.37. The fraction of sp³-hybridized carbons (Fsp3) is 0.545. The number of anilines is 1. The van der Waals surface area contributed by atoms with Crippen LogP contribution >= 0.6 is 0 Å². The summed E-state index contributed by atoms with van der Waals surface area (Å²) in [6.07, 6.45) is -4.42. The SMILES string of the molecule is CC(C)N(CCN)c1cccc(C(F)(F)F)n1. The lowest BCUT2D eigenvalue weighted by atomic mass is 10.2. The maximum atomic E-state index is 12.5. The second-order valence-corrected chi connectivity index (χ2v) is 3.95. The molecule has 0 atom stereocenters. The van der Waals surface area contributed by atoms with Gasteiger partial charge in [-0.05, 0) is 26.0 Å². The third-order valence-electron chi connectivity index (χ3n) is 2.31. The highest BCUT2D eigenvalue weighted by atomic mass is 19.4. The van der Waals surface area contributed by atoms with Crippen LogP contribution in [0.25, 0.3) is 0 Å². The van der Waals surface area contributed by atoms with Crippen molar-refractivity contribution in [1.29, 1.82) is 0 Å². The van der Waals surface area contributed by atoms with Crippen molar-refractivity contribution in [1.82, 2.24) is 4.98 Å². The smallest absolute Gasteiger partial charge is 0.353 e. The summed E-state index contributed by atoms with van der Waals surface area (Å²) in [5.74, 6) is 0.306. The second kappa shape index (κ2) is 5.35. The van der Waals surface area contributed by atoms with Crippen LogP contribution in [0.1, 0.15) is 19.5 Å². The molecule has 1 aromatic rings. The van der Waals surface area contributed by atoms with E-state index in [4.69, 9.17) is 5.73 Å². The van der Waals surface area contributed by atoms with Gasteiger partial charge in [0.05, 0.1) is 0 Å². The van der Waals surface area contributed by atoms with Gasteiger partial charge in [-0.1, -0.05) is 6.07 Å². The van der Waals surface area contributed by atoms with Crippen LogP contribution in [-0.2, 0) is 6.18 Å². The maximum absolute atomic E-state index is 12.5. The Morgan fingerprint density at radius 3 is 2.47 bits per heavy atom. The lowest BCUT2D eigenvalue weighted by molar-refractivity contribution is -0.141. The molecule has 96 valence electrons. The second-order valence-electron chi connectivity index (χ2n) is 3.95. The van der Waals surface area contributed by atoms with Crippen molar-refractivity contribution < 1.29 is 13.2 Å². The van der Waals surface area contributed by atoms with E-state index in [0.717, 1.165) is 6.07 Å². The quantitative estimate of drug-likeness (QED) is 0.887. The topological polar surface area (TPSA) is 42.1 Å². The third-order valence-corrected chi connectivity index (χ3v) is 2.31. The highest BCUT2D eigenvalue weighted by molar-refractivity contribution is 5.40. The molecule has 0 amide bonds. The molecule has 0 radical (unpaired) electrons. The van der Waals surface area contributed by atoms with Crippen LogP contribution in [0.3, 0.4) is 0 Å². The van der Waals surface area contributed by atoms with Crippen LogP contribution in [0, 0.1) is 0 Å². The summed E-state index contributed by atoms with van der Waals surface area (Å²) in [5, 5.41) is 0. The average Bonchev–Trinajstić information content (AvgIpc) is 2.24. The molecule has 0 aliphatic rings. The van der Waals surface area contributed by atoms with Gasteiger partial charge in [0, 0.05) is 19.1 Å². The van der Waals surface area contributed by atoms with E-state index in [2.05, 4.69) is 4.98 Å². The fourth-order valence-electron chi connectivity index (χ4n) is 1.52. The Morgan fingerprint density at radius 2 is 2.00 bits per heavy atom. The van der Waals surface area contributed by atoms with Gasteiger partial charge in [0.1, 0.15) is 11.5 Å². The van der Waals surface area contributed by atoms with Gasteiger partial charge in [0.25, 0.3) is 0 Å². The highest BCUT2D eigenvalue weighted by Crippen LogP contribution is 2.29. The summed E-state index contributed by atoms with van der Waals surface area (Å²) >= 11 is 0. The molecule has 0 aliphatic heterocycles. The molecular formula is C11H16F3N3. The molecular weight excluding hydrogens is 231 g/mol. The molecule has 0 saturated carbocycles. The van der Waals surface area contributed by atoms with Gasteiger partial charge in [0.2, 0.25) is 0 Å². The number of aromatic nitrogens is 1. The van der Waals surface area contributed by atoms with Crippen LogP contribution in [0.15, 0.2) is 18.2 Å². The Hall–Kier alpha value is -1.30. The molecule has 1 rings (SSSR count). The van der Waals surface area contributed by atoms with Crippen LogP contribution in [0.4, 0.5) is 19.0 Å². The first-order valence-electron chi connectivity index (χ1n) is 5.37. The Kier molecular flexibility index (Phi) is 4.34. The van der Waals surface area contributed by atoms with Gasteiger partial charge >= 0.3 is 6.18 Å². The maximum Gasteiger partial charge on any atom is 0.433 e. The first-order chi connectivity index (χ1) is 7.86. The lowest BCUT2D eigenvalue weighted by Gasteiger charge is -2.27. The van der Waals surface area contributed by atoms with E-state index in [1.807, 2.05) is 13.8 Å². The van der Waals surface area contributed by atoms with Crippen molar-refractivity contribution in [3.05, 3.63) is 23.9 Å². The largest absolute Gasteiger partial charge is 0.433 e. The highest BCUT2D eigenvalue weighted by Gasteiger charge is 2.32. The Morgan fingerprint density at radius 1 is 1.35 bits per heavy atom. The predicted octanol–water partition coefficient (Wildman–Crippen LogP) is 2.27. The standard InChI is InChI=1S/C11H16F3N3/c1-8(2)17(7-6-15)10-5-3-4-9(16-10)11(12,13)14/h3-5,8H,6-7,15H2,1-2H3. The molecule has 0 bridgehead atoms. The van der Waals surface area contributed by atoms with Crippen molar-refractivity contribution >= 4 is 5.82 Å². The summed E-state index contributed by atoms with van der Waals surface area (Å²) in [7, 11) is 0. The molecule has 0 aliphatic carbocycles. The average molecular weight is 247 g/mol. The van der Waals surface area contributed by atoms with E-state index in [0.29, 0.717) is 18.9 Å². The number of hydrogen-bond donors (Lipinski definition) is 1. The van der Waals surface area contributed by atoms with Crippen LogP contribution < -0.4 is 10.6 Å². The van der Waals surface area contributed by atoms with Gasteiger partial charge in [-0.3, -0.25) is 0 Å². The molecule has 0 saturated heterocycles. The van der Waals surface area contributed by atoms with Crippen LogP contribution in [0.2, 0.25) is 0 Å². The van der Waals surface area contributed by atoms with E-state index < -0.39 is 11.9 Å². The molecule has 1 aromatic heterocycles. The van der Waals surface area contributed by atoms with Gasteiger partial charge < -0.3 is 10.6 Å². The van der Waals surface area contributed by atoms with Crippen molar-refractivity contribution in [2.24, 2.45) is 5.73 Å². The molecule has 0 spiro atoms. The molecule has 6 heteroatoms. The van der Waals surface area contributed by atoms with Gasteiger partial charge in [-0.15, -0.1) is 0 Å². The van der Waals surface area contributed by atoms with E-state index in [9.17, 15) is 13.2 Å². The Balaban J connectivity index is 3.04. The minimum atomic E-state index is -4.42. The first-order valence-corrected chi connectivity index (χ1v) is 5.37. The fourth-order valence-corrected chi connectivity index (χ4v) is 1.52. The van der Waals surface area contributed by atoms with Crippen LogP contribution in [0.5, 0.6) is 0 Å². The molecule has 3 nitrogen and oxygen atoms in total. The summed E-state index contributed by atoms with van der Waals surface area (Å²) in [5.41, 5.74) is 4.56. The predicted molar refractivity (Wildman–Crippen MR) is 60.8 cm³/mol. The van der Waals surface area contributed by atoms with Crippen molar-refractivity contribution in [3.63, 3.8) is 0 Å². The van der Waals surface area contributed by atoms with E-state index >= 15 is 0 Å². The van der Waals surface area contributed by atoms with E-state index in [1.165, 1.54) is 6.07 Å². The number of nitrogens with two attached hydrogens (primary N) is 1. The first kappa shape index (κ1) is 13.8. The minimum Gasteiger partial charge on any atom is -0.353 e. The lowest BCUT2D eigenvalue weighted by Crippen LogP contribution is -2.36. The molecule has 17 heavy (non-hydrogen) atoms. The monoisotopic (exact) mass is 247 g/mol. The number of rotatable bonds is 4. The third kappa shape index (κ3) is 3.59. The van der Waals surface area contributed by atoms with E-state index in [-0.39, 0.29) is 6.04 Å². The van der Waals surface area contributed by atoms with Crippen LogP contribution in [-0.4, -0.2) is 24.1 Å². The van der Waals surface area contributed by atoms with Gasteiger partial charge in [-0.25, -0.2) is 4.98 Å². The molecule has 0 fully saturated rings. The summed E-state index contributed by atoms with van der Waals surface area (Å²) < 4.78 is 37.5. The number of hydrogen-bond acceptors (Lipinski definition) is 3. The number of nitrogens with zero attached hydrogens (tertiary/aromatic N) is 2. The zero-order chi connectivity index (χ0) is 13.1. The van der Waals surface area contributed by atoms with E-state index in [1.54, 1.807) is 11.0 Å². The number of pyridine rings is 1. The summed E-state index contributed by atoms with van der Waals surface area (Å²) in [6, 6.07) is 3.93. The normalized spacial score (nSPS) is 11.9. The molecule has 1 heterocycles. The Labute approximate surface area is 98.4 Å². The molecule has 2 N–H and O–H groups in total. The zero-order valence-electron chi connectivity index (χ0n) is 9.83. The number of alkyl halides is 3. The van der Waals surface area contributed by atoms with Gasteiger partial charge in [-0.2, -0.15) is 13.2 Å². The van der Waals surface area contributed by atoms with Crippen molar-refractivity contribution in [2.45, 2.75) is 26.1 Å². The zero-order valence-corrected chi connectivity index (χ0v) is 9.83. The Bertz CT molecular complexity index is 363. The summed E-state index contributed by atoms with van der Waals surface area (Å²) in [6.45, 7) is 4.62. The number of halogens is 3. The molecule has 0 aromatic carbocycles. The minimum absolute atomic E-state index is 0.0505. The molecule has 0 unspecified atom stereocenters.